The number of ether oxygens (including phenoxy) is 2. The van der Waals surface area contributed by atoms with E-state index in [1.807, 2.05) is 0 Å². The van der Waals surface area contributed by atoms with Gasteiger partial charge in [0.15, 0.2) is 6.29 Å². The van der Waals surface area contributed by atoms with Crippen LogP contribution in [0.15, 0.2) is 24.3 Å². The second-order valence-corrected chi connectivity index (χ2v) is 6.28. The van der Waals surface area contributed by atoms with Gasteiger partial charge in [-0.05, 0) is 11.6 Å². The van der Waals surface area contributed by atoms with Crippen molar-refractivity contribution in [1.82, 2.24) is 9.80 Å². The van der Waals surface area contributed by atoms with E-state index in [4.69, 9.17) is 9.47 Å². The Morgan fingerprint density at radius 3 is 2.33 bits per heavy atom. The van der Waals surface area contributed by atoms with E-state index in [-0.39, 0.29) is 6.29 Å². The first-order valence-corrected chi connectivity index (χ1v) is 8.35. The third-order valence-corrected chi connectivity index (χ3v) is 4.50. The fourth-order valence-electron chi connectivity index (χ4n) is 3.14. The first kappa shape index (κ1) is 17.7. The Balaban J connectivity index is 1.43. The topological polar surface area (TPSA) is 24.9 Å². The fourth-order valence-corrected chi connectivity index (χ4v) is 3.14. The van der Waals surface area contributed by atoms with Gasteiger partial charge in [0.1, 0.15) is 0 Å². The Labute approximate surface area is 140 Å². The van der Waals surface area contributed by atoms with Gasteiger partial charge in [-0.3, -0.25) is 4.90 Å². The van der Waals surface area contributed by atoms with Gasteiger partial charge in [0, 0.05) is 45.7 Å². The number of rotatable bonds is 5. The molecule has 24 heavy (non-hydrogen) atoms. The lowest BCUT2D eigenvalue weighted by Crippen LogP contribution is -2.46. The second kappa shape index (κ2) is 7.82. The van der Waals surface area contributed by atoms with Crippen LogP contribution in [0.2, 0.25) is 0 Å². The molecule has 7 heteroatoms. The fraction of sp³-hybridized carbons (Fsp3) is 0.647. The maximum absolute atomic E-state index is 12.8. The van der Waals surface area contributed by atoms with Gasteiger partial charge in [0.25, 0.3) is 0 Å². The van der Waals surface area contributed by atoms with Crippen LogP contribution >= 0.6 is 0 Å². The molecule has 4 nitrogen and oxygen atoms in total. The number of benzene rings is 1. The SMILES string of the molecule is FC(F)(F)c1cccc(CN2CCN(CCC3OCCO3)CC2)c1. The first-order valence-electron chi connectivity index (χ1n) is 8.35. The molecule has 2 aliphatic heterocycles. The van der Waals surface area contributed by atoms with Gasteiger partial charge in [-0.25, -0.2) is 0 Å². The van der Waals surface area contributed by atoms with Crippen molar-refractivity contribution in [3.8, 4) is 0 Å². The molecule has 2 aliphatic rings. The van der Waals surface area contributed by atoms with Crippen LogP contribution in [0.25, 0.3) is 0 Å². The molecule has 1 aromatic carbocycles. The molecule has 2 fully saturated rings. The highest BCUT2D eigenvalue weighted by Crippen LogP contribution is 2.29. The number of halogens is 3. The zero-order valence-electron chi connectivity index (χ0n) is 13.6. The maximum atomic E-state index is 12.8. The van der Waals surface area contributed by atoms with Gasteiger partial charge in [0.05, 0.1) is 18.8 Å². The third kappa shape index (κ3) is 4.92. The molecule has 0 radical (unpaired) electrons. The lowest BCUT2D eigenvalue weighted by Gasteiger charge is -2.35. The Morgan fingerprint density at radius 1 is 1.00 bits per heavy atom. The van der Waals surface area contributed by atoms with Crippen LogP contribution in [-0.2, 0) is 22.2 Å². The third-order valence-electron chi connectivity index (χ3n) is 4.50. The van der Waals surface area contributed by atoms with Gasteiger partial charge >= 0.3 is 6.18 Å². The van der Waals surface area contributed by atoms with Crippen molar-refractivity contribution >= 4 is 0 Å². The molecule has 0 spiro atoms. The van der Waals surface area contributed by atoms with Gasteiger partial charge in [0.2, 0.25) is 0 Å². The molecule has 2 heterocycles. The van der Waals surface area contributed by atoms with E-state index in [1.165, 1.54) is 12.1 Å². The minimum Gasteiger partial charge on any atom is -0.350 e. The summed E-state index contributed by atoms with van der Waals surface area (Å²) in [7, 11) is 0. The van der Waals surface area contributed by atoms with Crippen LogP contribution in [0.3, 0.4) is 0 Å². The average molecular weight is 344 g/mol. The van der Waals surface area contributed by atoms with Gasteiger partial charge in [-0.1, -0.05) is 18.2 Å². The van der Waals surface area contributed by atoms with Crippen LogP contribution in [-0.4, -0.2) is 62.0 Å². The number of nitrogens with zero attached hydrogens (tertiary/aromatic N) is 2. The second-order valence-electron chi connectivity index (χ2n) is 6.28. The number of hydrogen-bond donors (Lipinski definition) is 0. The molecular weight excluding hydrogens is 321 g/mol. The van der Waals surface area contributed by atoms with Crippen LogP contribution in [0.4, 0.5) is 13.2 Å². The molecule has 0 atom stereocenters. The summed E-state index contributed by atoms with van der Waals surface area (Å²) < 4.78 is 49.2. The van der Waals surface area contributed by atoms with Crippen molar-refractivity contribution in [1.29, 1.82) is 0 Å². The van der Waals surface area contributed by atoms with Crippen molar-refractivity contribution in [2.24, 2.45) is 0 Å². The Hall–Kier alpha value is -1.15. The van der Waals surface area contributed by atoms with Crippen LogP contribution in [0.1, 0.15) is 17.5 Å². The predicted octanol–water partition coefficient (Wildman–Crippen LogP) is 2.59. The minimum absolute atomic E-state index is 0.0758. The van der Waals surface area contributed by atoms with Crippen LogP contribution in [0.5, 0.6) is 0 Å². The number of hydrogen-bond acceptors (Lipinski definition) is 4. The van der Waals surface area contributed by atoms with Gasteiger partial charge in [-0.15, -0.1) is 0 Å². The smallest absolute Gasteiger partial charge is 0.350 e. The van der Waals surface area contributed by atoms with Crippen molar-refractivity contribution in [3.63, 3.8) is 0 Å². The molecule has 0 bridgehead atoms. The quantitative estimate of drug-likeness (QED) is 0.820. The number of alkyl halides is 3. The summed E-state index contributed by atoms with van der Waals surface area (Å²) >= 11 is 0. The lowest BCUT2D eigenvalue weighted by atomic mass is 10.1. The van der Waals surface area contributed by atoms with E-state index in [1.54, 1.807) is 6.07 Å². The molecule has 0 unspecified atom stereocenters. The summed E-state index contributed by atoms with van der Waals surface area (Å²) in [6.45, 7) is 6.42. The molecule has 134 valence electrons. The van der Waals surface area contributed by atoms with Crippen molar-refractivity contribution in [2.75, 3.05) is 45.9 Å². The summed E-state index contributed by atoms with van der Waals surface area (Å²) in [5.74, 6) is 0. The summed E-state index contributed by atoms with van der Waals surface area (Å²) in [5, 5.41) is 0. The summed E-state index contributed by atoms with van der Waals surface area (Å²) in [6, 6.07) is 5.61. The highest BCUT2D eigenvalue weighted by molar-refractivity contribution is 5.25. The minimum atomic E-state index is -4.28. The summed E-state index contributed by atoms with van der Waals surface area (Å²) in [5.41, 5.74) is 0.140. The molecule has 0 amide bonds. The lowest BCUT2D eigenvalue weighted by molar-refractivity contribution is -0.137. The van der Waals surface area contributed by atoms with E-state index >= 15 is 0 Å². The molecule has 0 saturated carbocycles. The summed E-state index contributed by atoms with van der Waals surface area (Å²) in [4.78, 5) is 4.56. The van der Waals surface area contributed by atoms with Crippen molar-refractivity contribution in [2.45, 2.75) is 25.4 Å². The Bertz CT molecular complexity index is 525. The van der Waals surface area contributed by atoms with Crippen molar-refractivity contribution < 1.29 is 22.6 Å². The van der Waals surface area contributed by atoms with E-state index in [0.29, 0.717) is 25.3 Å². The zero-order valence-corrected chi connectivity index (χ0v) is 13.6. The number of piperazine rings is 1. The van der Waals surface area contributed by atoms with Gasteiger partial charge < -0.3 is 14.4 Å². The molecule has 0 N–H and O–H groups in total. The van der Waals surface area contributed by atoms with E-state index < -0.39 is 11.7 Å². The predicted molar refractivity (Wildman–Crippen MR) is 83.5 cm³/mol. The van der Waals surface area contributed by atoms with Crippen molar-refractivity contribution in [3.05, 3.63) is 35.4 Å². The molecule has 0 aliphatic carbocycles. The van der Waals surface area contributed by atoms with Crippen LogP contribution < -0.4 is 0 Å². The average Bonchev–Trinajstić information content (AvgIpc) is 3.07. The van der Waals surface area contributed by atoms with Gasteiger partial charge in [-0.2, -0.15) is 13.2 Å². The summed E-state index contributed by atoms with van der Waals surface area (Å²) in [6.07, 6.45) is -3.49. The maximum Gasteiger partial charge on any atom is 0.416 e. The molecule has 3 rings (SSSR count). The molecule has 1 aromatic rings. The molecular formula is C17H23F3N2O2. The van der Waals surface area contributed by atoms with Crippen LogP contribution in [0, 0.1) is 0 Å². The monoisotopic (exact) mass is 344 g/mol. The van der Waals surface area contributed by atoms with E-state index in [9.17, 15) is 13.2 Å². The van der Waals surface area contributed by atoms with E-state index in [0.717, 1.165) is 45.2 Å². The molecule has 2 saturated heterocycles. The highest BCUT2D eigenvalue weighted by Gasteiger charge is 2.30. The molecule has 0 aromatic heterocycles. The Morgan fingerprint density at radius 2 is 1.67 bits per heavy atom. The highest BCUT2D eigenvalue weighted by atomic mass is 19.4. The normalized spacial score (nSPS) is 21.5. The van der Waals surface area contributed by atoms with E-state index in [2.05, 4.69) is 9.80 Å². The zero-order chi connectivity index (χ0) is 17.0. The largest absolute Gasteiger partial charge is 0.416 e. The Kier molecular flexibility index (Phi) is 5.76. The first-order chi connectivity index (χ1) is 11.5. The standard InChI is InChI=1S/C17H23F3N2O2/c18-17(19,20)15-3-1-2-14(12-15)13-22-8-6-21(7-9-22)5-4-16-23-10-11-24-16/h1-3,12,16H,4-11,13H2.